The Labute approximate surface area is 84.1 Å². The number of hydrogen-bond acceptors (Lipinski definition) is 0. The topological polar surface area (TPSA) is 0 Å². The van der Waals surface area contributed by atoms with Crippen molar-refractivity contribution in [2.24, 2.45) is 0 Å². The zero-order chi connectivity index (χ0) is 9.19. The Morgan fingerprint density at radius 3 is 2.17 bits per heavy atom. The zero-order valence-electron chi connectivity index (χ0n) is 6.60. The quantitative estimate of drug-likeness (QED) is 0.571. The van der Waals surface area contributed by atoms with Gasteiger partial charge in [-0.2, -0.15) is 8.78 Å². The molecule has 0 aliphatic rings. The van der Waals surface area contributed by atoms with Crippen LogP contribution in [-0.2, 0) is 0 Å². The molecule has 3 heteroatoms. The molecule has 0 unspecified atom stereocenters. The summed E-state index contributed by atoms with van der Waals surface area (Å²) in [5, 5.41) is 0. The van der Waals surface area contributed by atoms with Crippen LogP contribution in [0.15, 0.2) is 30.3 Å². The van der Waals surface area contributed by atoms with Crippen LogP contribution in [0.4, 0.5) is 8.78 Å². The highest BCUT2D eigenvalue weighted by Crippen LogP contribution is 2.38. The zero-order valence-corrected chi connectivity index (χ0v) is 8.76. The first-order valence-electron chi connectivity index (χ1n) is 3.63. The van der Waals surface area contributed by atoms with E-state index < -0.39 is 9.85 Å². The summed E-state index contributed by atoms with van der Waals surface area (Å²) < 4.78 is 22.9. The number of rotatable bonds is 2. The molecule has 1 atom stereocenters. The van der Waals surface area contributed by atoms with E-state index in [1.807, 2.05) is 6.07 Å². The molecule has 1 aromatic carbocycles. The first-order chi connectivity index (χ1) is 5.52. The predicted molar refractivity (Wildman–Crippen MR) is 53.8 cm³/mol. The van der Waals surface area contributed by atoms with Crippen molar-refractivity contribution in [3.8, 4) is 0 Å². The van der Waals surface area contributed by atoms with Gasteiger partial charge in [0.25, 0.3) is 0 Å². The Kier molecular flexibility index (Phi) is 3.04. The van der Waals surface area contributed by atoms with Crippen molar-refractivity contribution in [2.75, 3.05) is 0 Å². The molecule has 0 spiro atoms. The molecule has 0 bridgehead atoms. The monoisotopic (exact) mass is 282 g/mol. The minimum atomic E-state index is -2.67. The van der Waals surface area contributed by atoms with Gasteiger partial charge in [-0.25, -0.2) is 0 Å². The number of hydrogen-bond donors (Lipinski definition) is 0. The van der Waals surface area contributed by atoms with Gasteiger partial charge < -0.3 is 0 Å². The Bertz CT molecular complexity index is 240. The first kappa shape index (κ1) is 9.89. The maximum absolute atomic E-state index is 12.8. The minimum absolute atomic E-state index is 0.678. The summed E-state index contributed by atoms with van der Waals surface area (Å²) in [6.07, 6.45) is 0. The minimum Gasteiger partial charge on any atom is -0.194 e. The number of alkyl halides is 3. The third-order valence-electron chi connectivity index (χ3n) is 1.79. The summed E-state index contributed by atoms with van der Waals surface area (Å²) in [7, 11) is 0. The van der Waals surface area contributed by atoms with E-state index in [2.05, 4.69) is 0 Å². The second-order valence-corrected chi connectivity index (χ2v) is 4.11. The van der Waals surface area contributed by atoms with Gasteiger partial charge in [-0.15, -0.1) is 0 Å². The molecule has 0 fully saturated rings. The Morgan fingerprint density at radius 2 is 1.75 bits per heavy atom. The van der Waals surface area contributed by atoms with Crippen molar-refractivity contribution < 1.29 is 8.78 Å². The van der Waals surface area contributed by atoms with Gasteiger partial charge >= 0.3 is 3.93 Å². The third kappa shape index (κ3) is 2.40. The van der Waals surface area contributed by atoms with Crippen molar-refractivity contribution in [2.45, 2.75) is 16.8 Å². The van der Waals surface area contributed by atoms with Gasteiger partial charge in [-0.3, -0.25) is 0 Å². The van der Waals surface area contributed by atoms with Crippen molar-refractivity contribution in [3.05, 3.63) is 35.9 Å². The summed E-state index contributed by atoms with van der Waals surface area (Å²) in [6.45, 7) is 1.53. The molecule has 0 radical (unpaired) electrons. The number of benzene rings is 1. The Hall–Kier alpha value is -0.190. The van der Waals surface area contributed by atoms with Gasteiger partial charge in [0.05, 0.1) is 5.92 Å². The third-order valence-corrected chi connectivity index (χ3v) is 2.72. The van der Waals surface area contributed by atoms with Crippen molar-refractivity contribution >= 4 is 22.6 Å². The lowest BCUT2D eigenvalue weighted by Crippen LogP contribution is -2.15. The van der Waals surface area contributed by atoms with E-state index in [-0.39, 0.29) is 0 Å². The molecular weight excluding hydrogens is 273 g/mol. The van der Waals surface area contributed by atoms with Crippen molar-refractivity contribution in [3.63, 3.8) is 0 Å². The summed E-state index contributed by atoms with van der Waals surface area (Å²) in [5.41, 5.74) is 0.678. The maximum Gasteiger partial charge on any atom is 0.303 e. The van der Waals surface area contributed by atoms with E-state index in [0.29, 0.717) is 5.56 Å². The lowest BCUT2D eigenvalue weighted by molar-refractivity contribution is 0.100. The average Bonchev–Trinajstić information content (AvgIpc) is 2.03. The molecule has 0 N–H and O–H groups in total. The van der Waals surface area contributed by atoms with Crippen LogP contribution in [0.5, 0.6) is 0 Å². The molecular formula is C9H9F2I. The molecule has 12 heavy (non-hydrogen) atoms. The smallest absolute Gasteiger partial charge is 0.194 e. The highest BCUT2D eigenvalue weighted by atomic mass is 127. The molecule has 1 aromatic rings. The van der Waals surface area contributed by atoms with Gasteiger partial charge in [0.1, 0.15) is 0 Å². The molecule has 66 valence electrons. The van der Waals surface area contributed by atoms with E-state index in [9.17, 15) is 8.78 Å². The van der Waals surface area contributed by atoms with E-state index in [0.717, 1.165) is 0 Å². The van der Waals surface area contributed by atoms with Gasteiger partial charge in [-0.05, 0) is 28.2 Å². The summed E-state index contributed by atoms with van der Waals surface area (Å²) in [4.78, 5) is 0. The van der Waals surface area contributed by atoms with Crippen LogP contribution in [0.1, 0.15) is 18.4 Å². The van der Waals surface area contributed by atoms with E-state index in [4.69, 9.17) is 0 Å². The van der Waals surface area contributed by atoms with Crippen molar-refractivity contribution in [1.82, 2.24) is 0 Å². The van der Waals surface area contributed by atoms with Crippen LogP contribution in [0, 0.1) is 0 Å². The fourth-order valence-corrected chi connectivity index (χ4v) is 1.29. The Morgan fingerprint density at radius 1 is 1.25 bits per heavy atom. The summed E-state index contributed by atoms with van der Waals surface area (Å²) >= 11 is 1.17. The Balaban J connectivity index is 2.86. The predicted octanol–water partition coefficient (Wildman–Crippen LogP) is 3.82. The number of halogens is 3. The first-order valence-corrected chi connectivity index (χ1v) is 4.71. The average molecular weight is 282 g/mol. The largest absolute Gasteiger partial charge is 0.303 e. The highest BCUT2D eigenvalue weighted by molar-refractivity contribution is 14.1. The lowest BCUT2D eigenvalue weighted by Gasteiger charge is -2.17. The molecule has 0 saturated carbocycles. The van der Waals surface area contributed by atoms with Crippen LogP contribution in [0.3, 0.4) is 0 Å². The fourth-order valence-electron chi connectivity index (χ4n) is 0.931. The second-order valence-electron chi connectivity index (χ2n) is 2.67. The summed E-state index contributed by atoms with van der Waals surface area (Å²) in [6, 6.07) is 8.80. The molecule has 1 rings (SSSR count). The molecule has 0 aliphatic carbocycles. The van der Waals surface area contributed by atoms with Crippen LogP contribution in [-0.4, -0.2) is 3.93 Å². The maximum atomic E-state index is 12.8. The van der Waals surface area contributed by atoms with Crippen molar-refractivity contribution in [1.29, 1.82) is 0 Å². The normalized spacial score (nSPS) is 14.3. The molecule has 0 amide bonds. The van der Waals surface area contributed by atoms with Gasteiger partial charge in [0.15, 0.2) is 0 Å². The second kappa shape index (κ2) is 3.68. The SMILES string of the molecule is C[C@@H](c1ccccc1)C(F)(F)I. The molecule has 0 heterocycles. The highest BCUT2D eigenvalue weighted by Gasteiger charge is 2.33. The molecule has 0 aliphatic heterocycles. The van der Waals surface area contributed by atoms with Gasteiger partial charge in [-0.1, -0.05) is 37.3 Å². The fraction of sp³-hybridized carbons (Fsp3) is 0.333. The summed E-state index contributed by atoms with van der Waals surface area (Å²) in [5.74, 6) is -0.723. The van der Waals surface area contributed by atoms with E-state index in [1.165, 1.54) is 29.5 Å². The van der Waals surface area contributed by atoms with E-state index in [1.54, 1.807) is 24.3 Å². The van der Waals surface area contributed by atoms with Crippen LogP contribution < -0.4 is 0 Å². The van der Waals surface area contributed by atoms with Gasteiger partial charge in [0.2, 0.25) is 0 Å². The standard InChI is InChI=1S/C9H9F2I/c1-7(9(10,11)12)8-5-3-2-4-6-8/h2-7H,1H3/t7-/m0/s1. The van der Waals surface area contributed by atoms with Crippen LogP contribution in [0.2, 0.25) is 0 Å². The molecule has 0 nitrogen and oxygen atoms in total. The lowest BCUT2D eigenvalue weighted by atomic mass is 10.0. The van der Waals surface area contributed by atoms with Crippen LogP contribution in [0.25, 0.3) is 0 Å². The molecule has 0 saturated heterocycles. The van der Waals surface area contributed by atoms with Crippen LogP contribution >= 0.6 is 22.6 Å². The molecule has 0 aromatic heterocycles. The van der Waals surface area contributed by atoms with Gasteiger partial charge in [0, 0.05) is 0 Å². The van der Waals surface area contributed by atoms with E-state index >= 15 is 0 Å².